The quantitative estimate of drug-likeness (QED) is 0.0237. The summed E-state index contributed by atoms with van der Waals surface area (Å²) >= 11 is -0.00752. The number of rotatable bonds is 65. The van der Waals surface area contributed by atoms with Gasteiger partial charge in [-0.1, -0.05) is 18.2 Å². The topological polar surface area (TPSA) is 332 Å². The van der Waals surface area contributed by atoms with Gasteiger partial charge < -0.3 is 117 Å². The molecule has 0 bridgehead atoms. The predicted octanol–water partition coefficient (Wildman–Crippen LogP) is 2.26. The third-order valence-electron chi connectivity index (χ3n) is 12.0. The second-order valence-electron chi connectivity index (χ2n) is 21.2. The molecular formula is C55H89F17O24S. The summed E-state index contributed by atoms with van der Waals surface area (Å²) in [5.41, 5.74) is 0. The van der Waals surface area contributed by atoms with Crippen LogP contribution >= 0.6 is 11.8 Å². The summed E-state index contributed by atoms with van der Waals surface area (Å²) in [5, 5.41) is 101. The second-order valence-corrected chi connectivity index (χ2v) is 22.3. The third-order valence-corrected chi connectivity index (χ3v) is 13.1. The van der Waals surface area contributed by atoms with Crippen LogP contribution in [0.1, 0.15) is 6.42 Å². The van der Waals surface area contributed by atoms with Gasteiger partial charge in [-0.3, -0.25) is 0 Å². The molecule has 0 aromatic heterocycles. The van der Waals surface area contributed by atoms with Gasteiger partial charge in [-0.15, -0.1) is 19.7 Å². The number of aliphatic hydroxyl groups is 10. The number of thioether (sulfide) groups is 1. The smallest absolute Gasteiger partial charge is 0.394 e. The maximum absolute atomic E-state index is 14.9. The average molecular weight is 1490 g/mol. The van der Waals surface area contributed by atoms with Gasteiger partial charge in [0.25, 0.3) is 0 Å². The highest BCUT2D eigenvalue weighted by Crippen LogP contribution is 2.64. The molecule has 0 spiro atoms. The molecule has 7 unspecified atom stereocenters. The molecule has 0 rings (SSSR count). The van der Waals surface area contributed by atoms with E-state index in [1.165, 1.54) is 18.2 Å². The van der Waals surface area contributed by atoms with E-state index in [0.29, 0.717) is 0 Å². The van der Waals surface area contributed by atoms with Crippen molar-refractivity contribution in [3.05, 3.63) is 38.0 Å². The molecule has 0 aliphatic heterocycles. The van der Waals surface area contributed by atoms with Crippen molar-refractivity contribution in [1.29, 1.82) is 0 Å². The van der Waals surface area contributed by atoms with Crippen molar-refractivity contribution in [1.82, 2.24) is 0 Å². The number of hydrogen-bond acceptors (Lipinski definition) is 25. The fourth-order valence-electron chi connectivity index (χ4n) is 6.94. The van der Waals surface area contributed by atoms with Crippen LogP contribution in [0.3, 0.4) is 0 Å². The fourth-order valence-corrected chi connectivity index (χ4v) is 7.96. The SMILES string of the molecule is C=CCOCC(O)COCC(O)COC(COCC(COCC(COC[C@@H](O)COC[C@@H](O)COC[C@H](O)COCC=C)OCC(O)COC[C@@H](O)CO)OC[C@@H](O)COCC(O)COCC=C)CSCCC(F)(F)C(F)(F)C(F)(F)C(F)(F)C(F)(F)C(F)(F)C(F)(F)C(F)(F)F. The minimum Gasteiger partial charge on any atom is -0.394 e. The van der Waals surface area contributed by atoms with Crippen LogP contribution < -0.4 is 0 Å². The molecule has 0 saturated heterocycles. The standard InChI is InChI=1S/C55H89F17O24S/c1-4-8-83-14-37(75)17-87-20-40(78)21-88-22-41(79)23-91-30-45(94-27-42(80)24-86-13-36(74)12-73)31-92-32-46(95-28-43(81)25-89-18-38(76)15-84-9-5-2)33-93-34-47(96-29-44(82)26-90-19-39(77)16-85-10-6-3)35-97-11-7-48(56,57)49(58,59)50(60,61)51(62,63)52(64,65)53(66,67)54(68,69)55(70,71)72/h4-6,36-47,73-82H,1-3,7-35H2/t36-,37+,38?,39?,40-,41-,42?,43-,44?,45?,46?,47?/m0/s1. The van der Waals surface area contributed by atoms with Crippen molar-refractivity contribution >= 4 is 11.8 Å². The first-order valence-corrected chi connectivity index (χ1v) is 30.4. The van der Waals surface area contributed by atoms with Crippen LogP contribution in [0, 0.1) is 0 Å². The highest BCUT2D eigenvalue weighted by molar-refractivity contribution is 7.99. The van der Waals surface area contributed by atoms with Gasteiger partial charge in [0, 0.05) is 12.2 Å². The summed E-state index contributed by atoms with van der Waals surface area (Å²) in [4.78, 5) is 0. The van der Waals surface area contributed by atoms with Crippen LogP contribution in [0.4, 0.5) is 74.6 Å². The average Bonchev–Trinajstić information content (AvgIpc) is 0.698. The van der Waals surface area contributed by atoms with Crippen molar-refractivity contribution in [2.24, 2.45) is 0 Å². The zero-order valence-electron chi connectivity index (χ0n) is 52.3. The maximum atomic E-state index is 14.9. The van der Waals surface area contributed by atoms with E-state index in [-0.39, 0.29) is 91.0 Å². The van der Waals surface area contributed by atoms with E-state index in [2.05, 4.69) is 19.7 Å². The summed E-state index contributed by atoms with van der Waals surface area (Å²) in [7, 11) is 0. The van der Waals surface area contributed by atoms with Crippen molar-refractivity contribution in [3.8, 4) is 0 Å². The van der Waals surface area contributed by atoms with Crippen molar-refractivity contribution in [2.45, 2.75) is 127 Å². The molecule has 42 heteroatoms. The summed E-state index contributed by atoms with van der Waals surface area (Å²) in [5.74, 6) is -60.1. The molecule has 0 aromatic rings. The molecule has 578 valence electrons. The van der Waals surface area contributed by atoms with Crippen LogP contribution in [0.2, 0.25) is 0 Å². The Bertz CT molecular complexity index is 2040. The lowest BCUT2D eigenvalue weighted by atomic mass is 9.88. The predicted molar refractivity (Wildman–Crippen MR) is 303 cm³/mol. The Morgan fingerprint density at radius 1 is 0.289 bits per heavy atom. The van der Waals surface area contributed by atoms with E-state index < -0.39 is 231 Å². The lowest BCUT2D eigenvalue weighted by molar-refractivity contribution is -0.461. The first-order chi connectivity index (χ1) is 45.2. The number of aliphatic hydroxyl groups excluding tert-OH is 10. The largest absolute Gasteiger partial charge is 0.460 e. The number of hydrogen-bond donors (Lipinski definition) is 10. The lowest BCUT2D eigenvalue weighted by Crippen LogP contribution is -2.74. The van der Waals surface area contributed by atoms with Crippen molar-refractivity contribution in [3.63, 3.8) is 0 Å². The molecular weight excluding hydrogens is 1400 g/mol. The Kier molecular flexibility index (Phi) is 47.1. The van der Waals surface area contributed by atoms with E-state index in [1.807, 2.05) is 0 Å². The van der Waals surface area contributed by atoms with E-state index >= 15 is 0 Å². The van der Waals surface area contributed by atoms with E-state index in [9.17, 15) is 121 Å². The Hall–Kier alpha value is -2.58. The number of alkyl halides is 17. The molecule has 24 nitrogen and oxygen atoms in total. The van der Waals surface area contributed by atoms with Crippen LogP contribution in [0.25, 0.3) is 0 Å². The lowest BCUT2D eigenvalue weighted by Gasteiger charge is -2.42. The zero-order valence-corrected chi connectivity index (χ0v) is 53.1. The van der Waals surface area contributed by atoms with E-state index in [0.717, 1.165) is 0 Å². The van der Waals surface area contributed by atoms with Gasteiger partial charge in [0.15, 0.2) is 0 Å². The molecule has 0 aliphatic carbocycles. The molecule has 0 heterocycles. The summed E-state index contributed by atoms with van der Waals surface area (Å²) in [6.45, 7) is 0.349. The van der Waals surface area contributed by atoms with Crippen molar-refractivity contribution in [2.75, 3.05) is 183 Å². The highest BCUT2D eigenvalue weighted by Gasteiger charge is 2.95. The molecule has 0 fully saturated rings. The summed E-state index contributed by atoms with van der Waals surface area (Å²) in [6.07, 6.45) is -22.2. The van der Waals surface area contributed by atoms with Gasteiger partial charge in [0.1, 0.15) is 67.1 Å². The monoisotopic (exact) mass is 1490 g/mol. The van der Waals surface area contributed by atoms with Crippen LogP contribution in [0.5, 0.6) is 0 Å². The second kappa shape index (κ2) is 48.4. The highest BCUT2D eigenvalue weighted by atomic mass is 32.2. The zero-order chi connectivity index (χ0) is 74.2. The Morgan fingerprint density at radius 3 is 0.804 bits per heavy atom. The molecule has 0 amide bonds. The van der Waals surface area contributed by atoms with E-state index in [1.54, 1.807) is 0 Å². The number of halogens is 17. The minimum atomic E-state index is -8.81. The maximum Gasteiger partial charge on any atom is 0.460 e. The Balaban J connectivity index is 6.63. The molecule has 97 heavy (non-hydrogen) atoms. The van der Waals surface area contributed by atoms with Gasteiger partial charge >= 0.3 is 47.6 Å². The Labute approximate surface area is 551 Å². The first kappa shape index (κ1) is 94.4. The van der Waals surface area contributed by atoms with Crippen LogP contribution in [0.15, 0.2) is 38.0 Å². The summed E-state index contributed by atoms with van der Waals surface area (Å²) < 4.78 is 312. The van der Waals surface area contributed by atoms with E-state index in [4.69, 9.17) is 71.4 Å². The first-order valence-electron chi connectivity index (χ1n) is 29.2. The van der Waals surface area contributed by atoms with Gasteiger partial charge in [0.2, 0.25) is 0 Å². The fraction of sp³-hybridized carbons (Fsp3) is 0.891. The number of ether oxygens (including phenoxy) is 14. The van der Waals surface area contributed by atoms with Crippen molar-refractivity contribution < 1.29 is 192 Å². The van der Waals surface area contributed by atoms with Gasteiger partial charge in [-0.25, -0.2) is 0 Å². The van der Waals surface area contributed by atoms with Gasteiger partial charge in [0.05, 0.1) is 178 Å². The molecule has 12 atom stereocenters. The molecule has 0 saturated carbocycles. The third kappa shape index (κ3) is 35.4. The molecule has 0 aromatic carbocycles. The van der Waals surface area contributed by atoms with Crippen LogP contribution in [-0.4, -0.2) is 355 Å². The van der Waals surface area contributed by atoms with Gasteiger partial charge in [-0.2, -0.15) is 86.4 Å². The minimum absolute atomic E-state index is 0.00752. The molecule has 10 N–H and O–H groups in total. The van der Waals surface area contributed by atoms with Gasteiger partial charge in [-0.05, 0) is 5.75 Å². The molecule has 0 radical (unpaired) electrons. The normalized spacial score (nSPS) is 17.2. The Morgan fingerprint density at radius 2 is 0.515 bits per heavy atom. The summed E-state index contributed by atoms with van der Waals surface area (Å²) in [6, 6.07) is 0. The van der Waals surface area contributed by atoms with Crippen LogP contribution in [-0.2, 0) is 66.3 Å². The molecule has 0 aliphatic rings.